The summed E-state index contributed by atoms with van der Waals surface area (Å²) in [5, 5.41) is 0. The van der Waals surface area contributed by atoms with Crippen molar-refractivity contribution in [3.63, 3.8) is 0 Å². The highest BCUT2D eigenvalue weighted by molar-refractivity contribution is 5.94. The Morgan fingerprint density at radius 3 is 2.31 bits per heavy atom. The Morgan fingerprint density at radius 1 is 0.972 bits per heavy atom. The van der Waals surface area contributed by atoms with Gasteiger partial charge in [0.15, 0.2) is 11.5 Å². The fourth-order valence-corrected chi connectivity index (χ4v) is 3.61. The summed E-state index contributed by atoms with van der Waals surface area (Å²) in [6.45, 7) is 1.83. The number of carbonyl (C=O) groups excluding carboxylic acids is 1. The number of nitrogens with zero attached hydrogens (tertiary/aromatic N) is 3. The zero-order valence-corrected chi connectivity index (χ0v) is 20.6. The van der Waals surface area contributed by atoms with Gasteiger partial charge in [-0.3, -0.25) is 9.78 Å². The van der Waals surface area contributed by atoms with E-state index in [1.807, 2.05) is 32.3 Å². The molecule has 0 unspecified atom stereocenters. The molecule has 3 rings (SSSR count). The standard InChI is InChI=1S/C27H30F3N3O3/c1-32(2)14-5-15-36-25-16-20(7-12-24(25)35-3)18-33(19-21-6-4-13-31-17-21)26(34)22-8-10-23(11-9-22)27(28,29)30/h4,6-13,16-17H,5,14-15,18-19H2,1-3H3. The first-order chi connectivity index (χ1) is 17.2. The van der Waals surface area contributed by atoms with Crippen LogP contribution in [0, 0.1) is 0 Å². The number of hydrogen-bond donors (Lipinski definition) is 0. The van der Waals surface area contributed by atoms with E-state index in [0.717, 1.165) is 36.2 Å². The van der Waals surface area contributed by atoms with Gasteiger partial charge < -0.3 is 19.3 Å². The molecule has 1 amide bonds. The van der Waals surface area contributed by atoms with Gasteiger partial charge in [0.25, 0.3) is 5.91 Å². The van der Waals surface area contributed by atoms with E-state index in [1.165, 1.54) is 12.1 Å². The molecule has 0 saturated carbocycles. The third-order valence-corrected chi connectivity index (χ3v) is 5.45. The van der Waals surface area contributed by atoms with Gasteiger partial charge in [-0.15, -0.1) is 0 Å². The second kappa shape index (κ2) is 12.4. The van der Waals surface area contributed by atoms with Gasteiger partial charge in [-0.2, -0.15) is 13.2 Å². The summed E-state index contributed by atoms with van der Waals surface area (Å²) in [4.78, 5) is 21.1. The van der Waals surface area contributed by atoms with E-state index in [2.05, 4.69) is 9.88 Å². The van der Waals surface area contributed by atoms with Crippen LogP contribution >= 0.6 is 0 Å². The number of aromatic nitrogens is 1. The minimum Gasteiger partial charge on any atom is -0.493 e. The molecule has 6 nitrogen and oxygen atoms in total. The van der Waals surface area contributed by atoms with Crippen LogP contribution in [0.25, 0.3) is 0 Å². The summed E-state index contributed by atoms with van der Waals surface area (Å²) in [5.74, 6) is 0.755. The molecule has 0 atom stereocenters. The van der Waals surface area contributed by atoms with Crippen LogP contribution < -0.4 is 9.47 Å². The molecular weight excluding hydrogens is 471 g/mol. The molecule has 0 spiro atoms. The van der Waals surface area contributed by atoms with Gasteiger partial charge in [-0.25, -0.2) is 0 Å². The van der Waals surface area contributed by atoms with Crippen LogP contribution in [0.5, 0.6) is 11.5 Å². The minimum absolute atomic E-state index is 0.167. The topological polar surface area (TPSA) is 54.9 Å². The third kappa shape index (κ3) is 7.71. The zero-order valence-electron chi connectivity index (χ0n) is 20.6. The molecule has 0 saturated heterocycles. The number of benzene rings is 2. The van der Waals surface area contributed by atoms with Crippen molar-refractivity contribution in [2.45, 2.75) is 25.7 Å². The first kappa shape index (κ1) is 27.0. The zero-order chi connectivity index (χ0) is 26.1. The number of amides is 1. The highest BCUT2D eigenvalue weighted by Gasteiger charge is 2.30. The summed E-state index contributed by atoms with van der Waals surface area (Å²) >= 11 is 0. The van der Waals surface area contributed by atoms with Gasteiger partial charge in [0, 0.05) is 37.6 Å². The Balaban J connectivity index is 1.83. The molecule has 36 heavy (non-hydrogen) atoms. The van der Waals surface area contributed by atoms with Crippen molar-refractivity contribution in [3.05, 3.63) is 89.2 Å². The summed E-state index contributed by atoms with van der Waals surface area (Å²) in [6, 6.07) is 13.3. The predicted molar refractivity (Wildman–Crippen MR) is 131 cm³/mol. The Labute approximate surface area is 209 Å². The average molecular weight is 502 g/mol. The Kier molecular flexibility index (Phi) is 9.30. The lowest BCUT2D eigenvalue weighted by Gasteiger charge is -2.24. The third-order valence-electron chi connectivity index (χ3n) is 5.45. The fraction of sp³-hybridized carbons (Fsp3) is 0.333. The molecule has 0 aliphatic carbocycles. The lowest BCUT2D eigenvalue weighted by Crippen LogP contribution is -2.30. The highest BCUT2D eigenvalue weighted by atomic mass is 19.4. The van der Waals surface area contributed by atoms with E-state index in [0.29, 0.717) is 18.1 Å². The molecule has 0 aliphatic heterocycles. The van der Waals surface area contributed by atoms with Crippen molar-refractivity contribution >= 4 is 5.91 Å². The second-order valence-corrected chi connectivity index (χ2v) is 8.59. The number of ether oxygens (including phenoxy) is 2. The van der Waals surface area contributed by atoms with Gasteiger partial charge in [-0.1, -0.05) is 12.1 Å². The van der Waals surface area contributed by atoms with Crippen molar-refractivity contribution < 1.29 is 27.4 Å². The smallest absolute Gasteiger partial charge is 0.416 e. The fourth-order valence-electron chi connectivity index (χ4n) is 3.61. The summed E-state index contributed by atoms with van der Waals surface area (Å²) in [5.41, 5.74) is 0.957. The van der Waals surface area contributed by atoms with Gasteiger partial charge in [0.05, 0.1) is 19.3 Å². The molecule has 0 aliphatic rings. The van der Waals surface area contributed by atoms with Gasteiger partial charge in [-0.05, 0) is 74.1 Å². The largest absolute Gasteiger partial charge is 0.493 e. The number of alkyl halides is 3. The van der Waals surface area contributed by atoms with Crippen molar-refractivity contribution in [2.24, 2.45) is 0 Å². The maximum atomic E-state index is 13.4. The molecule has 0 radical (unpaired) electrons. The number of carbonyl (C=O) groups is 1. The van der Waals surface area contributed by atoms with Crippen molar-refractivity contribution in [1.82, 2.24) is 14.8 Å². The Hall–Kier alpha value is -3.59. The first-order valence-corrected chi connectivity index (χ1v) is 11.5. The molecule has 192 valence electrons. The van der Waals surface area contributed by atoms with Gasteiger partial charge in [0.2, 0.25) is 0 Å². The second-order valence-electron chi connectivity index (χ2n) is 8.59. The quantitative estimate of drug-likeness (QED) is 0.335. The normalized spacial score (nSPS) is 11.4. The van der Waals surface area contributed by atoms with Crippen LogP contribution in [0.15, 0.2) is 67.0 Å². The number of halogens is 3. The van der Waals surface area contributed by atoms with Crippen LogP contribution in [0.2, 0.25) is 0 Å². The molecule has 0 N–H and O–H groups in total. The van der Waals surface area contributed by atoms with E-state index >= 15 is 0 Å². The molecule has 2 aromatic carbocycles. The first-order valence-electron chi connectivity index (χ1n) is 11.5. The van der Waals surface area contributed by atoms with E-state index in [-0.39, 0.29) is 18.7 Å². The monoisotopic (exact) mass is 501 g/mol. The molecular formula is C27H30F3N3O3. The average Bonchev–Trinajstić information content (AvgIpc) is 2.86. The lowest BCUT2D eigenvalue weighted by atomic mass is 10.1. The Bertz CT molecular complexity index is 1120. The Morgan fingerprint density at radius 2 is 1.69 bits per heavy atom. The number of methoxy groups -OCH3 is 1. The summed E-state index contributed by atoms with van der Waals surface area (Å²) in [6.07, 6.45) is -0.349. The van der Waals surface area contributed by atoms with Crippen molar-refractivity contribution in [3.8, 4) is 11.5 Å². The molecule has 3 aromatic rings. The molecule has 0 fully saturated rings. The summed E-state index contributed by atoms with van der Waals surface area (Å²) < 4.78 is 50.3. The van der Waals surface area contributed by atoms with E-state index in [1.54, 1.807) is 36.5 Å². The molecule has 9 heteroatoms. The molecule has 1 aromatic heterocycles. The van der Waals surface area contributed by atoms with E-state index in [4.69, 9.17) is 9.47 Å². The maximum absolute atomic E-state index is 13.4. The predicted octanol–water partition coefficient (Wildman–Crippen LogP) is 5.28. The summed E-state index contributed by atoms with van der Waals surface area (Å²) in [7, 11) is 5.54. The maximum Gasteiger partial charge on any atom is 0.416 e. The van der Waals surface area contributed by atoms with Crippen molar-refractivity contribution in [2.75, 3.05) is 34.4 Å². The van der Waals surface area contributed by atoms with Gasteiger partial charge in [0.1, 0.15) is 0 Å². The lowest BCUT2D eigenvalue weighted by molar-refractivity contribution is -0.137. The minimum atomic E-state index is -4.47. The van der Waals surface area contributed by atoms with Crippen LogP contribution in [-0.4, -0.2) is 55.0 Å². The molecule has 1 heterocycles. The van der Waals surface area contributed by atoms with Gasteiger partial charge >= 0.3 is 6.18 Å². The van der Waals surface area contributed by atoms with Crippen LogP contribution in [0.3, 0.4) is 0 Å². The number of pyridine rings is 1. The van der Waals surface area contributed by atoms with E-state index in [9.17, 15) is 18.0 Å². The molecule has 0 bridgehead atoms. The van der Waals surface area contributed by atoms with E-state index < -0.39 is 17.6 Å². The van der Waals surface area contributed by atoms with Crippen LogP contribution in [-0.2, 0) is 19.3 Å². The van der Waals surface area contributed by atoms with Crippen molar-refractivity contribution in [1.29, 1.82) is 0 Å². The highest BCUT2D eigenvalue weighted by Crippen LogP contribution is 2.31. The van der Waals surface area contributed by atoms with Crippen LogP contribution in [0.4, 0.5) is 13.2 Å². The number of rotatable bonds is 11. The number of hydrogen-bond acceptors (Lipinski definition) is 5. The van der Waals surface area contributed by atoms with Crippen LogP contribution in [0.1, 0.15) is 33.5 Å². The SMILES string of the molecule is COc1ccc(CN(Cc2cccnc2)C(=O)c2ccc(C(F)(F)F)cc2)cc1OCCCN(C)C.